The largest absolute Gasteiger partial charge is 0.480 e. The molecule has 4 aromatic rings. The van der Waals surface area contributed by atoms with Crippen LogP contribution in [-0.4, -0.2) is 42.3 Å². The van der Waals surface area contributed by atoms with Crippen molar-refractivity contribution < 1.29 is 9.90 Å². The first kappa shape index (κ1) is 24.1. The molecule has 0 radical (unpaired) electrons. The highest BCUT2D eigenvalue weighted by Crippen LogP contribution is 2.34. The molecule has 0 saturated carbocycles. The second-order valence-electron chi connectivity index (χ2n) is 8.43. The van der Waals surface area contributed by atoms with Crippen molar-refractivity contribution in [1.29, 1.82) is 0 Å². The van der Waals surface area contributed by atoms with Crippen LogP contribution in [0.4, 0.5) is 5.95 Å². The van der Waals surface area contributed by atoms with Crippen molar-refractivity contribution in [2.75, 3.05) is 11.4 Å². The van der Waals surface area contributed by atoms with E-state index in [4.69, 9.17) is 4.98 Å². The molecule has 7 nitrogen and oxygen atoms in total. The molecule has 0 aliphatic heterocycles. The molecule has 1 N–H and O–H groups in total. The molecule has 1 aromatic carbocycles. The van der Waals surface area contributed by atoms with E-state index in [0.717, 1.165) is 38.6 Å². The second-order valence-corrected chi connectivity index (χ2v) is 11.2. The Labute approximate surface area is 207 Å². The number of benzene rings is 1. The van der Waals surface area contributed by atoms with Gasteiger partial charge in [-0.2, -0.15) is 0 Å². The van der Waals surface area contributed by atoms with E-state index in [9.17, 15) is 9.90 Å². The number of carbonyl (C=O) groups is 1. The van der Waals surface area contributed by atoms with E-state index in [2.05, 4.69) is 38.9 Å². The number of aryl methyl sites for hydroxylation is 1. The van der Waals surface area contributed by atoms with Gasteiger partial charge in [-0.25, -0.2) is 15.0 Å². The Morgan fingerprint density at radius 1 is 1.09 bits per heavy atom. The maximum absolute atomic E-state index is 11.4. The van der Waals surface area contributed by atoms with Crippen molar-refractivity contribution >= 4 is 45.9 Å². The molecule has 0 saturated heterocycles. The maximum Gasteiger partial charge on any atom is 0.319 e. The number of pyridine rings is 1. The first-order chi connectivity index (χ1) is 16.3. The van der Waals surface area contributed by atoms with Crippen LogP contribution in [0.5, 0.6) is 0 Å². The van der Waals surface area contributed by atoms with E-state index in [-0.39, 0.29) is 0 Å². The predicted molar refractivity (Wildman–Crippen MR) is 138 cm³/mol. The van der Waals surface area contributed by atoms with Crippen LogP contribution in [0.1, 0.15) is 37.7 Å². The van der Waals surface area contributed by atoms with Crippen LogP contribution in [-0.2, 0) is 24.2 Å². The number of aliphatic carboxylic acids is 1. The number of hydrogen-bond acceptors (Lipinski definition) is 8. The van der Waals surface area contributed by atoms with Crippen LogP contribution in [0.25, 0.3) is 10.9 Å². The summed E-state index contributed by atoms with van der Waals surface area (Å²) >= 11 is 2.75. The van der Waals surface area contributed by atoms with Gasteiger partial charge in [0.15, 0.2) is 4.34 Å². The number of nitrogens with zero attached hydrogens (tertiary/aromatic N) is 5. The Bertz CT molecular complexity index is 1270. The smallest absolute Gasteiger partial charge is 0.319 e. The minimum atomic E-state index is -0.919. The van der Waals surface area contributed by atoms with Gasteiger partial charge in [0.05, 0.1) is 23.4 Å². The zero-order chi connectivity index (χ0) is 24.1. The van der Waals surface area contributed by atoms with Crippen molar-refractivity contribution in [2.24, 2.45) is 0 Å². The van der Waals surface area contributed by atoms with Crippen molar-refractivity contribution in [3.8, 4) is 0 Å². The molecule has 0 unspecified atom stereocenters. The summed E-state index contributed by atoms with van der Waals surface area (Å²) in [7, 11) is 0. The lowest BCUT2D eigenvalue weighted by molar-refractivity contribution is -0.138. The van der Waals surface area contributed by atoms with Crippen molar-refractivity contribution in [3.05, 3.63) is 71.1 Å². The highest BCUT2D eigenvalue weighted by atomic mass is 32.2. The lowest BCUT2D eigenvalue weighted by atomic mass is 10.2. The molecule has 0 spiro atoms. The summed E-state index contributed by atoms with van der Waals surface area (Å²) < 4.78 is -0.161. The van der Waals surface area contributed by atoms with Gasteiger partial charge in [-0.3, -0.25) is 9.78 Å². The molecular weight excluding hydrogens is 466 g/mol. The van der Waals surface area contributed by atoms with Crippen molar-refractivity contribution in [1.82, 2.24) is 19.9 Å². The molecule has 0 fully saturated rings. The number of fused-ring (bicyclic) bond motifs is 1. The summed E-state index contributed by atoms with van der Waals surface area (Å²) in [6.45, 7) is 6.70. The van der Waals surface area contributed by atoms with Crippen LogP contribution in [0.3, 0.4) is 0 Å². The molecule has 0 atom stereocenters. The first-order valence-corrected chi connectivity index (χ1v) is 12.8. The molecule has 3 aromatic heterocycles. The lowest BCUT2D eigenvalue weighted by Crippen LogP contribution is -2.28. The van der Waals surface area contributed by atoms with E-state index >= 15 is 0 Å². The standard InChI is InChI=1S/C25H27N5O2S2/c1-4-17-13-26-23(27-14-17)30(15-19-10-9-18-7-5-6-8-21(18)28-19)12-11-20-16-33-24(29-20)34-25(2,3)22(31)32/h5-10,13-14,16H,4,11-12,15H2,1-3H3,(H,31,32). The Morgan fingerprint density at radius 3 is 2.59 bits per heavy atom. The molecule has 3 heterocycles. The molecule has 0 aliphatic rings. The Kier molecular flexibility index (Phi) is 7.43. The predicted octanol–water partition coefficient (Wildman–Crippen LogP) is 5.25. The van der Waals surface area contributed by atoms with Crippen molar-refractivity contribution in [2.45, 2.75) is 49.2 Å². The normalized spacial score (nSPS) is 11.6. The molecular formula is C25H27N5O2S2. The topological polar surface area (TPSA) is 92.1 Å². The zero-order valence-electron chi connectivity index (χ0n) is 19.4. The summed E-state index contributed by atoms with van der Waals surface area (Å²) in [6, 6.07) is 12.2. The number of para-hydroxylation sites is 1. The van der Waals surface area contributed by atoms with E-state index in [1.807, 2.05) is 42.0 Å². The van der Waals surface area contributed by atoms with Gasteiger partial charge in [-0.1, -0.05) is 43.0 Å². The molecule has 34 heavy (non-hydrogen) atoms. The van der Waals surface area contributed by atoms with Crippen molar-refractivity contribution in [3.63, 3.8) is 0 Å². The third kappa shape index (κ3) is 5.90. The minimum absolute atomic E-state index is 0.577. The highest BCUT2D eigenvalue weighted by molar-refractivity contribution is 8.03. The van der Waals surface area contributed by atoms with Gasteiger partial charge in [0, 0.05) is 36.1 Å². The maximum atomic E-state index is 11.4. The highest BCUT2D eigenvalue weighted by Gasteiger charge is 2.29. The van der Waals surface area contributed by atoms with Crippen LogP contribution in [0.15, 0.2) is 58.5 Å². The van der Waals surface area contributed by atoms with E-state index in [1.54, 1.807) is 13.8 Å². The number of carboxylic acid groups (broad SMARTS) is 1. The Morgan fingerprint density at radius 2 is 1.85 bits per heavy atom. The number of rotatable bonds is 10. The molecule has 176 valence electrons. The summed E-state index contributed by atoms with van der Waals surface area (Å²) in [5.74, 6) is -0.194. The first-order valence-electron chi connectivity index (χ1n) is 11.1. The third-order valence-corrected chi connectivity index (χ3v) is 7.59. The van der Waals surface area contributed by atoms with Gasteiger partial charge in [0.2, 0.25) is 5.95 Å². The van der Waals surface area contributed by atoms with Crippen LogP contribution < -0.4 is 4.90 Å². The third-order valence-electron chi connectivity index (χ3n) is 5.42. The molecule has 9 heteroatoms. The van der Waals surface area contributed by atoms with E-state index < -0.39 is 10.7 Å². The lowest BCUT2D eigenvalue weighted by Gasteiger charge is -2.22. The number of hydrogen-bond donors (Lipinski definition) is 1. The minimum Gasteiger partial charge on any atom is -0.480 e. The zero-order valence-corrected chi connectivity index (χ0v) is 21.1. The Hall–Kier alpha value is -3.04. The number of aromatic nitrogens is 4. The number of thiazole rings is 1. The van der Waals surface area contributed by atoms with Gasteiger partial charge in [0.25, 0.3) is 0 Å². The van der Waals surface area contributed by atoms with E-state index in [1.165, 1.54) is 23.1 Å². The molecule has 0 amide bonds. The molecule has 4 rings (SSSR count). The SMILES string of the molecule is CCc1cnc(N(CCc2csc(SC(C)(C)C(=O)O)n2)Cc2ccc3ccccc3n2)nc1. The number of anilines is 1. The van der Waals surface area contributed by atoms with Gasteiger partial charge in [-0.05, 0) is 38.0 Å². The van der Waals surface area contributed by atoms with E-state index in [0.29, 0.717) is 25.5 Å². The fourth-order valence-corrected chi connectivity index (χ4v) is 5.52. The quantitative estimate of drug-likeness (QED) is 0.300. The fourth-order valence-electron chi connectivity index (χ4n) is 3.30. The summed E-state index contributed by atoms with van der Waals surface area (Å²) in [6.07, 6.45) is 5.32. The second kappa shape index (κ2) is 10.5. The average Bonchev–Trinajstić information content (AvgIpc) is 3.28. The van der Waals surface area contributed by atoms with Crippen LogP contribution >= 0.6 is 23.1 Å². The summed E-state index contributed by atoms with van der Waals surface area (Å²) in [4.78, 5) is 32.2. The summed E-state index contributed by atoms with van der Waals surface area (Å²) in [5.41, 5.74) is 3.93. The van der Waals surface area contributed by atoms with Crippen LogP contribution in [0.2, 0.25) is 0 Å². The molecule has 0 aliphatic carbocycles. The monoisotopic (exact) mass is 493 g/mol. The van der Waals surface area contributed by atoms with Gasteiger partial charge < -0.3 is 10.0 Å². The fraction of sp³-hybridized carbons (Fsp3) is 0.320. The Balaban J connectivity index is 1.51. The summed E-state index contributed by atoms with van der Waals surface area (Å²) in [5, 5.41) is 12.5. The number of thioether (sulfide) groups is 1. The van der Waals surface area contributed by atoms with Gasteiger partial charge >= 0.3 is 5.97 Å². The average molecular weight is 494 g/mol. The molecule has 0 bridgehead atoms. The van der Waals surface area contributed by atoms with Crippen LogP contribution in [0, 0.1) is 0 Å². The van der Waals surface area contributed by atoms with Gasteiger partial charge in [0.1, 0.15) is 4.75 Å². The number of carboxylic acids is 1. The van der Waals surface area contributed by atoms with Gasteiger partial charge in [-0.15, -0.1) is 11.3 Å².